The molecule has 2 N–H and O–H groups in total. The van der Waals surface area contributed by atoms with Gasteiger partial charge in [0, 0.05) is 19.3 Å². The maximum absolute atomic E-state index is 13.8. The van der Waals surface area contributed by atoms with Crippen molar-refractivity contribution in [2.75, 3.05) is 25.0 Å². The molecule has 0 aromatic heterocycles. The van der Waals surface area contributed by atoms with Crippen molar-refractivity contribution in [3.05, 3.63) is 59.9 Å². The smallest absolute Gasteiger partial charge is 0.264 e. The Morgan fingerprint density at radius 3 is 2.41 bits per heavy atom. The number of hydrogen-bond donors (Lipinski definition) is 2. The summed E-state index contributed by atoms with van der Waals surface area (Å²) in [4.78, 5) is 12.0. The molecule has 0 aliphatic heterocycles. The highest BCUT2D eigenvalue weighted by Gasteiger charge is 2.51. The van der Waals surface area contributed by atoms with Crippen LogP contribution in [-0.4, -0.2) is 34.6 Å². The van der Waals surface area contributed by atoms with Gasteiger partial charge in [0.05, 0.1) is 12.0 Å². The van der Waals surface area contributed by atoms with Gasteiger partial charge in [-0.25, -0.2) is 12.8 Å². The number of hydrogen-bond acceptors (Lipinski definition) is 4. The Labute approximate surface area is 157 Å². The third-order valence-corrected chi connectivity index (χ3v) is 6.01. The van der Waals surface area contributed by atoms with Crippen molar-refractivity contribution in [3.63, 3.8) is 0 Å². The fourth-order valence-electron chi connectivity index (χ4n) is 2.94. The number of anilines is 1. The van der Waals surface area contributed by atoms with E-state index in [4.69, 9.17) is 4.74 Å². The molecule has 0 atom stereocenters. The van der Waals surface area contributed by atoms with E-state index < -0.39 is 26.2 Å². The highest BCUT2D eigenvalue weighted by atomic mass is 32.2. The van der Waals surface area contributed by atoms with Crippen LogP contribution in [0.1, 0.15) is 18.4 Å². The molecule has 0 spiro atoms. The van der Waals surface area contributed by atoms with Gasteiger partial charge < -0.3 is 10.1 Å². The van der Waals surface area contributed by atoms with Crippen LogP contribution in [0.25, 0.3) is 0 Å². The van der Waals surface area contributed by atoms with Crippen LogP contribution >= 0.6 is 0 Å². The largest absolute Gasteiger partial charge is 0.383 e. The van der Waals surface area contributed by atoms with Gasteiger partial charge in [0.15, 0.2) is 0 Å². The SMILES string of the molecule is COCCNC(=O)C1(c2ccc(NS(=O)(=O)c3ccccc3F)cc2)CC1. The minimum atomic E-state index is -4.03. The third-order valence-electron chi connectivity index (χ3n) is 4.59. The molecule has 144 valence electrons. The topological polar surface area (TPSA) is 84.5 Å². The predicted octanol–water partition coefficient (Wildman–Crippen LogP) is 2.42. The maximum atomic E-state index is 13.8. The average molecular weight is 392 g/mol. The van der Waals surface area contributed by atoms with Crippen LogP contribution in [0.2, 0.25) is 0 Å². The van der Waals surface area contributed by atoms with E-state index in [-0.39, 0.29) is 5.91 Å². The summed E-state index contributed by atoms with van der Waals surface area (Å²) in [6.45, 7) is 0.885. The van der Waals surface area contributed by atoms with Gasteiger partial charge in [-0.1, -0.05) is 24.3 Å². The number of nitrogens with one attached hydrogen (secondary N) is 2. The lowest BCUT2D eigenvalue weighted by Gasteiger charge is -2.16. The molecule has 0 heterocycles. The molecule has 0 saturated heterocycles. The lowest BCUT2D eigenvalue weighted by molar-refractivity contribution is -0.123. The Balaban J connectivity index is 1.73. The zero-order chi connectivity index (χ0) is 19.5. The summed E-state index contributed by atoms with van der Waals surface area (Å²) in [5.41, 5.74) is 0.570. The number of carbonyl (C=O) groups is 1. The summed E-state index contributed by atoms with van der Waals surface area (Å²) >= 11 is 0. The molecule has 0 radical (unpaired) electrons. The van der Waals surface area contributed by atoms with Gasteiger partial charge in [-0.15, -0.1) is 0 Å². The van der Waals surface area contributed by atoms with Crippen LogP contribution in [0.3, 0.4) is 0 Å². The normalized spacial score (nSPS) is 15.2. The zero-order valence-corrected chi connectivity index (χ0v) is 15.7. The second-order valence-electron chi connectivity index (χ2n) is 6.44. The van der Waals surface area contributed by atoms with Crippen LogP contribution in [0.5, 0.6) is 0 Å². The fourth-order valence-corrected chi connectivity index (χ4v) is 4.08. The molecular weight excluding hydrogens is 371 g/mol. The van der Waals surface area contributed by atoms with Gasteiger partial charge in [-0.05, 0) is 42.7 Å². The summed E-state index contributed by atoms with van der Waals surface area (Å²) in [5, 5.41) is 2.85. The average Bonchev–Trinajstić information content (AvgIpc) is 3.44. The number of amides is 1. The van der Waals surface area contributed by atoms with Crippen LogP contribution < -0.4 is 10.0 Å². The summed E-state index contributed by atoms with van der Waals surface area (Å²) < 4.78 is 45.7. The van der Waals surface area contributed by atoms with Crippen LogP contribution in [0.15, 0.2) is 53.4 Å². The van der Waals surface area contributed by atoms with Crippen LogP contribution in [-0.2, 0) is 25.0 Å². The summed E-state index contributed by atoms with van der Waals surface area (Å²) in [5.74, 6) is -0.870. The zero-order valence-electron chi connectivity index (χ0n) is 14.9. The molecule has 1 amide bonds. The highest BCUT2D eigenvalue weighted by Crippen LogP contribution is 2.48. The third kappa shape index (κ3) is 4.12. The first-order valence-electron chi connectivity index (χ1n) is 8.54. The van der Waals surface area contributed by atoms with Gasteiger partial charge in [-0.3, -0.25) is 9.52 Å². The number of benzene rings is 2. The van der Waals surface area contributed by atoms with Crippen molar-refractivity contribution in [3.8, 4) is 0 Å². The van der Waals surface area contributed by atoms with E-state index >= 15 is 0 Å². The molecule has 0 bridgehead atoms. The Morgan fingerprint density at radius 2 is 1.81 bits per heavy atom. The molecule has 1 aliphatic rings. The summed E-state index contributed by atoms with van der Waals surface area (Å²) in [6.07, 6.45) is 1.48. The molecule has 1 aliphatic carbocycles. The van der Waals surface area contributed by atoms with Crippen LogP contribution in [0.4, 0.5) is 10.1 Å². The van der Waals surface area contributed by atoms with Crippen molar-refractivity contribution in [1.82, 2.24) is 5.32 Å². The van der Waals surface area contributed by atoms with Gasteiger partial charge in [0.25, 0.3) is 10.0 Å². The summed E-state index contributed by atoms with van der Waals surface area (Å²) in [6, 6.07) is 11.8. The maximum Gasteiger partial charge on any atom is 0.264 e. The van der Waals surface area contributed by atoms with Crippen molar-refractivity contribution < 1.29 is 22.3 Å². The number of methoxy groups -OCH3 is 1. The number of halogens is 1. The Bertz CT molecular complexity index is 925. The van der Waals surface area contributed by atoms with E-state index in [9.17, 15) is 17.6 Å². The van der Waals surface area contributed by atoms with Crippen LogP contribution in [0, 0.1) is 5.82 Å². The Morgan fingerprint density at radius 1 is 1.15 bits per heavy atom. The fraction of sp³-hybridized carbons (Fsp3) is 0.316. The number of ether oxygens (including phenoxy) is 1. The molecular formula is C19H21FN2O4S. The highest BCUT2D eigenvalue weighted by molar-refractivity contribution is 7.92. The quantitative estimate of drug-likeness (QED) is 0.676. The molecule has 6 nitrogen and oxygen atoms in total. The predicted molar refractivity (Wildman–Crippen MR) is 99.4 cm³/mol. The number of carbonyl (C=O) groups excluding carboxylic acids is 1. The lowest BCUT2D eigenvalue weighted by atomic mass is 9.95. The molecule has 1 saturated carbocycles. The standard InChI is InChI=1S/C19H21FN2O4S/c1-26-13-12-21-18(23)19(10-11-19)14-6-8-15(9-7-14)22-27(24,25)17-5-3-2-4-16(17)20/h2-9,22H,10-13H2,1H3,(H,21,23). The van der Waals surface area contributed by atoms with Gasteiger partial charge >= 0.3 is 0 Å². The first-order valence-corrected chi connectivity index (χ1v) is 10.0. The van der Waals surface area contributed by atoms with E-state index in [1.54, 1.807) is 31.4 Å². The van der Waals surface area contributed by atoms with Gasteiger partial charge in [-0.2, -0.15) is 0 Å². The van der Waals surface area contributed by atoms with E-state index in [2.05, 4.69) is 10.0 Å². The van der Waals surface area contributed by atoms with E-state index in [0.717, 1.165) is 24.5 Å². The molecule has 1 fully saturated rings. The van der Waals surface area contributed by atoms with Crippen molar-refractivity contribution in [1.29, 1.82) is 0 Å². The van der Waals surface area contributed by atoms with E-state index in [1.807, 2.05) is 0 Å². The number of rotatable bonds is 8. The molecule has 3 rings (SSSR count). The second kappa shape index (κ2) is 7.66. The Hall–Kier alpha value is -2.45. The second-order valence-corrected chi connectivity index (χ2v) is 8.09. The molecule has 2 aromatic rings. The molecule has 0 unspecified atom stereocenters. The van der Waals surface area contributed by atoms with Crippen molar-refractivity contribution in [2.45, 2.75) is 23.2 Å². The van der Waals surface area contributed by atoms with Gasteiger partial charge in [0.1, 0.15) is 10.7 Å². The minimum absolute atomic E-state index is 0.0563. The summed E-state index contributed by atoms with van der Waals surface area (Å²) in [7, 11) is -2.46. The van der Waals surface area contributed by atoms with E-state index in [1.165, 1.54) is 18.2 Å². The molecule has 8 heteroatoms. The lowest BCUT2D eigenvalue weighted by Crippen LogP contribution is -2.36. The van der Waals surface area contributed by atoms with Gasteiger partial charge in [0.2, 0.25) is 5.91 Å². The molecule has 2 aromatic carbocycles. The monoisotopic (exact) mass is 392 g/mol. The first kappa shape index (κ1) is 19.3. The first-order chi connectivity index (χ1) is 12.9. The number of sulfonamides is 1. The minimum Gasteiger partial charge on any atom is -0.383 e. The van der Waals surface area contributed by atoms with Crippen molar-refractivity contribution in [2.24, 2.45) is 0 Å². The molecule has 27 heavy (non-hydrogen) atoms. The Kier molecular flexibility index (Phi) is 5.48. The van der Waals surface area contributed by atoms with Crippen molar-refractivity contribution >= 4 is 21.6 Å². The van der Waals surface area contributed by atoms with E-state index in [0.29, 0.717) is 18.8 Å².